The molecule has 4 rings (SSSR count). The third-order valence-electron chi connectivity index (χ3n) is 6.20. The van der Waals surface area contributed by atoms with Gasteiger partial charge >= 0.3 is 0 Å². The Bertz CT molecular complexity index is 867. The van der Waals surface area contributed by atoms with Gasteiger partial charge in [-0.2, -0.15) is 0 Å². The Labute approximate surface area is 171 Å². The van der Waals surface area contributed by atoms with Crippen LogP contribution in [-0.2, 0) is 11.3 Å². The van der Waals surface area contributed by atoms with Crippen molar-refractivity contribution in [3.05, 3.63) is 71.3 Å². The zero-order chi connectivity index (χ0) is 20.2. The number of rotatable bonds is 5. The molecule has 0 saturated carbocycles. The van der Waals surface area contributed by atoms with Crippen LogP contribution in [0.25, 0.3) is 0 Å². The lowest BCUT2D eigenvalue weighted by molar-refractivity contribution is -0.128. The third-order valence-corrected chi connectivity index (χ3v) is 6.20. The van der Waals surface area contributed by atoms with Gasteiger partial charge < -0.3 is 14.9 Å². The molecule has 2 atom stereocenters. The van der Waals surface area contributed by atoms with Crippen LogP contribution in [-0.4, -0.2) is 53.0 Å². The van der Waals surface area contributed by atoms with Gasteiger partial charge in [-0.3, -0.25) is 9.59 Å². The molecule has 2 fully saturated rings. The number of likely N-dealkylation sites (tertiary alicyclic amines) is 2. The average molecular weight is 392 g/mol. The van der Waals surface area contributed by atoms with E-state index in [1.807, 2.05) is 52.3 Å². The SMILES string of the molecule is O=C1CCCN1Cc1cccc(C(=O)N2CC[C@@H](c3ccccc3)[C@@H](CO)C2)c1. The van der Waals surface area contributed by atoms with Crippen molar-refractivity contribution in [2.75, 3.05) is 26.2 Å². The van der Waals surface area contributed by atoms with Crippen LogP contribution in [0.2, 0.25) is 0 Å². The quantitative estimate of drug-likeness (QED) is 0.851. The highest BCUT2D eigenvalue weighted by Gasteiger charge is 2.32. The molecule has 2 heterocycles. The molecule has 2 aromatic carbocycles. The second-order valence-corrected chi connectivity index (χ2v) is 8.12. The van der Waals surface area contributed by atoms with Crippen molar-refractivity contribution in [1.82, 2.24) is 9.80 Å². The maximum atomic E-state index is 13.1. The number of hydrogen-bond donors (Lipinski definition) is 1. The summed E-state index contributed by atoms with van der Waals surface area (Å²) in [6.07, 6.45) is 2.39. The summed E-state index contributed by atoms with van der Waals surface area (Å²) < 4.78 is 0. The fraction of sp³-hybridized carbons (Fsp3) is 0.417. The molecule has 0 radical (unpaired) electrons. The highest BCUT2D eigenvalue weighted by atomic mass is 16.3. The third kappa shape index (κ3) is 4.35. The Balaban J connectivity index is 1.44. The Hall–Kier alpha value is -2.66. The smallest absolute Gasteiger partial charge is 0.253 e. The molecule has 0 bridgehead atoms. The first-order valence-electron chi connectivity index (χ1n) is 10.5. The van der Waals surface area contributed by atoms with E-state index in [-0.39, 0.29) is 30.3 Å². The second-order valence-electron chi connectivity index (χ2n) is 8.12. The first-order valence-corrected chi connectivity index (χ1v) is 10.5. The van der Waals surface area contributed by atoms with Crippen LogP contribution in [0, 0.1) is 5.92 Å². The Morgan fingerprint density at radius 1 is 1.07 bits per heavy atom. The summed E-state index contributed by atoms with van der Waals surface area (Å²) in [5, 5.41) is 9.95. The van der Waals surface area contributed by atoms with Gasteiger partial charge in [-0.1, -0.05) is 42.5 Å². The number of amides is 2. The lowest BCUT2D eigenvalue weighted by Gasteiger charge is -2.38. The molecule has 5 nitrogen and oxygen atoms in total. The first-order chi connectivity index (χ1) is 14.2. The number of nitrogens with zero attached hydrogens (tertiary/aromatic N) is 2. The highest BCUT2D eigenvalue weighted by Crippen LogP contribution is 2.33. The van der Waals surface area contributed by atoms with Gasteiger partial charge in [0, 0.05) is 50.7 Å². The summed E-state index contributed by atoms with van der Waals surface area (Å²) in [6.45, 7) is 2.67. The number of aliphatic hydroxyl groups is 1. The molecule has 1 N–H and O–H groups in total. The summed E-state index contributed by atoms with van der Waals surface area (Å²) in [5.74, 6) is 0.512. The number of carbonyl (C=O) groups excluding carboxylic acids is 2. The van der Waals surface area contributed by atoms with Crippen LogP contribution in [0.4, 0.5) is 0 Å². The summed E-state index contributed by atoms with van der Waals surface area (Å²) in [4.78, 5) is 28.7. The van der Waals surface area contributed by atoms with Crippen molar-refractivity contribution in [1.29, 1.82) is 0 Å². The minimum atomic E-state index is 0.00422. The summed E-state index contributed by atoms with van der Waals surface area (Å²) in [6, 6.07) is 17.9. The van der Waals surface area contributed by atoms with E-state index in [1.54, 1.807) is 0 Å². The second kappa shape index (κ2) is 8.78. The van der Waals surface area contributed by atoms with Crippen molar-refractivity contribution >= 4 is 11.8 Å². The van der Waals surface area contributed by atoms with E-state index in [0.29, 0.717) is 31.6 Å². The molecule has 2 aliphatic rings. The molecule has 2 saturated heterocycles. The van der Waals surface area contributed by atoms with Gasteiger partial charge in [-0.25, -0.2) is 0 Å². The van der Waals surface area contributed by atoms with Crippen molar-refractivity contribution < 1.29 is 14.7 Å². The van der Waals surface area contributed by atoms with Crippen molar-refractivity contribution in [3.63, 3.8) is 0 Å². The van der Waals surface area contributed by atoms with Crippen LogP contribution >= 0.6 is 0 Å². The number of benzene rings is 2. The van der Waals surface area contributed by atoms with Gasteiger partial charge in [0.2, 0.25) is 5.91 Å². The molecule has 2 aliphatic heterocycles. The van der Waals surface area contributed by atoms with Gasteiger partial charge in [0.1, 0.15) is 0 Å². The largest absolute Gasteiger partial charge is 0.396 e. The Morgan fingerprint density at radius 3 is 2.62 bits per heavy atom. The van der Waals surface area contributed by atoms with Gasteiger partial charge in [-0.05, 0) is 42.0 Å². The monoisotopic (exact) mass is 392 g/mol. The summed E-state index contributed by atoms with van der Waals surface area (Å²) in [7, 11) is 0. The lowest BCUT2D eigenvalue weighted by Crippen LogP contribution is -2.44. The van der Waals surface area contributed by atoms with E-state index in [9.17, 15) is 14.7 Å². The van der Waals surface area contributed by atoms with Crippen LogP contribution in [0.1, 0.15) is 46.7 Å². The van der Waals surface area contributed by atoms with E-state index in [4.69, 9.17) is 0 Å². The van der Waals surface area contributed by atoms with Crippen LogP contribution < -0.4 is 0 Å². The molecule has 0 unspecified atom stereocenters. The molecule has 152 valence electrons. The zero-order valence-corrected chi connectivity index (χ0v) is 16.7. The maximum absolute atomic E-state index is 13.1. The van der Waals surface area contributed by atoms with Gasteiger partial charge in [0.25, 0.3) is 5.91 Å². The standard InChI is InChI=1S/C24H28N2O3/c27-17-21-16-26(13-11-22(21)19-7-2-1-3-8-19)24(29)20-9-4-6-18(14-20)15-25-12-5-10-23(25)28/h1-4,6-9,14,21-22,27H,5,10-13,15-17H2/t21-,22+/m1/s1. The number of aliphatic hydroxyl groups excluding tert-OH is 1. The molecule has 0 spiro atoms. The average Bonchev–Trinajstić information content (AvgIpc) is 3.18. The number of carbonyl (C=O) groups is 2. The first kappa shape index (κ1) is 19.6. The molecular formula is C24H28N2O3. The molecule has 2 aromatic rings. The van der Waals surface area contributed by atoms with E-state index in [2.05, 4.69) is 12.1 Å². The number of piperidine rings is 1. The fourth-order valence-electron chi connectivity index (χ4n) is 4.62. The van der Waals surface area contributed by atoms with Gasteiger partial charge in [-0.15, -0.1) is 0 Å². The lowest BCUT2D eigenvalue weighted by atomic mass is 9.80. The van der Waals surface area contributed by atoms with Crippen molar-refractivity contribution in [2.24, 2.45) is 5.92 Å². The zero-order valence-electron chi connectivity index (χ0n) is 16.7. The van der Waals surface area contributed by atoms with Gasteiger partial charge in [0.05, 0.1) is 0 Å². The molecule has 29 heavy (non-hydrogen) atoms. The summed E-state index contributed by atoms with van der Waals surface area (Å²) >= 11 is 0. The summed E-state index contributed by atoms with van der Waals surface area (Å²) in [5.41, 5.74) is 2.88. The normalized spacial score (nSPS) is 22.2. The topological polar surface area (TPSA) is 60.9 Å². The van der Waals surface area contributed by atoms with Crippen LogP contribution in [0.3, 0.4) is 0 Å². The van der Waals surface area contributed by atoms with Crippen LogP contribution in [0.15, 0.2) is 54.6 Å². The van der Waals surface area contributed by atoms with Crippen molar-refractivity contribution in [3.8, 4) is 0 Å². The highest BCUT2D eigenvalue weighted by molar-refractivity contribution is 5.94. The Kier molecular flexibility index (Phi) is 5.95. The minimum absolute atomic E-state index is 0.00422. The maximum Gasteiger partial charge on any atom is 0.253 e. The molecule has 5 heteroatoms. The number of hydrogen-bond acceptors (Lipinski definition) is 3. The van der Waals surface area contributed by atoms with E-state index < -0.39 is 0 Å². The molecule has 0 aliphatic carbocycles. The molecular weight excluding hydrogens is 364 g/mol. The Morgan fingerprint density at radius 2 is 1.90 bits per heavy atom. The minimum Gasteiger partial charge on any atom is -0.396 e. The fourth-order valence-corrected chi connectivity index (χ4v) is 4.62. The van der Waals surface area contributed by atoms with E-state index in [1.165, 1.54) is 5.56 Å². The van der Waals surface area contributed by atoms with Crippen LogP contribution in [0.5, 0.6) is 0 Å². The molecule has 0 aromatic heterocycles. The predicted octanol–water partition coefficient (Wildman–Crippen LogP) is 3.05. The predicted molar refractivity (Wildman–Crippen MR) is 111 cm³/mol. The van der Waals surface area contributed by atoms with Crippen molar-refractivity contribution in [2.45, 2.75) is 31.7 Å². The van der Waals surface area contributed by atoms with E-state index in [0.717, 1.165) is 24.9 Å². The van der Waals surface area contributed by atoms with Gasteiger partial charge in [0.15, 0.2) is 0 Å². The molecule has 2 amide bonds. The van der Waals surface area contributed by atoms with E-state index >= 15 is 0 Å².